The van der Waals surface area contributed by atoms with E-state index in [1.807, 2.05) is 0 Å². The van der Waals surface area contributed by atoms with E-state index < -0.39 is 42.6 Å². The monoisotopic (exact) mass is 465 g/mol. The van der Waals surface area contributed by atoms with Crippen LogP contribution >= 0.6 is 8.07 Å². The van der Waals surface area contributed by atoms with E-state index in [9.17, 15) is 43.2 Å². The molecule has 14 heteroatoms. The summed E-state index contributed by atoms with van der Waals surface area (Å²) in [6.45, 7) is 0. The van der Waals surface area contributed by atoms with Gasteiger partial charge in [-0.15, -0.1) is 0 Å². The topological polar surface area (TPSA) is 71.5 Å². The number of sulfonamides is 2. The molecule has 2 aromatic carbocycles. The number of hydrogen-bond acceptors (Lipinski definition) is 4. The number of benzene rings is 2. The molecule has 0 saturated heterocycles. The molecule has 0 aliphatic rings. The normalized spacial score (nSPS) is 13.9. The Bertz CT molecular complexity index is 941. The first-order valence-electron chi connectivity index (χ1n) is 7.04. The van der Waals surface area contributed by atoms with Gasteiger partial charge in [-0.25, -0.2) is 16.8 Å². The van der Waals surface area contributed by atoms with Crippen LogP contribution in [0.3, 0.4) is 0 Å². The first-order valence-corrected chi connectivity index (χ1v) is 11.2. The summed E-state index contributed by atoms with van der Waals surface area (Å²) in [6.07, 6.45) is 0. The fraction of sp³-hybridized carbons (Fsp3) is 0.143. The van der Waals surface area contributed by atoms with Crippen LogP contribution in [0.2, 0.25) is 0 Å². The molecule has 5 nitrogen and oxygen atoms in total. The molecule has 2 rings (SSSR count). The van der Waals surface area contributed by atoms with E-state index in [1.165, 1.54) is 36.4 Å². The first-order chi connectivity index (χ1) is 12.7. The molecule has 2 aromatic rings. The minimum atomic E-state index is -6.92. The van der Waals surface area contributed by atoms with Gasteiger partial charge in [0, 0.05) is 0 Å². The molecule has 0 spiro atoms. The van der Waals surface area contributed by atoms with E-state index in [-0.39, 0.29) is 10.6 Å². The maximum Gasteiger partial charge on any atom is 0.512 e. The van der Waals surface area contributed by atoms with Crippen molar-refractivity contribution in [3.63, 3.8) is 0 Å². The summed E-state index contributed by atoms with van der Waals surface area (Å²) in [4.78, 5) is 0. The van der Waals surface area contributed by atoms with Crippen LogP contribution in [0.1, 0.15) is 0 Å². The largest absolute Gasteiger partial charge is 0.512 e. The Morgan fingerprint density at radius 3 is 1.14 bits per heavy atom. The first kappa shape index (κ1) is 22.6. The molecule has 0 N–H and O–H groups in total. The van der Waals surface area contributed by atoms with E-state index in [4.69, 9.17) is 0 Å². The quantitative estimate of drug-likeness (QED) is 0.503. The molecule has 0 radical (unpaired) electrons. The van der Waals surface area contributed by atoms with E-state index in [0.717, 1.165) is 24.3 Å². The van der Waals surface area contributed by atoms with E-state index in [1.54, 1.807) is 0 Å². The van der Waals surface area contributed by atoms with Crippen LogP contribution in [-0.4, -0.2) is 31.3 Å². The molecule has 0 saturated carbocycles. The maximum atomic E-state index is 13.1. The standard InChI is InChI=1S/C14H10F6NO4PS2/c15-13(16,17)27(22,23)21(28(24,25)14(18,19)20)26(11-7-3-1-4-8-11)12-9-5-2-6-10-12/h1-10H. The third kappa shape index (κ3) is 4.17. The Balaban J connectivity index is 2.93. The van der Waals surface area contributed by atoms with Crippen molar-refractivity contribution in [3.05, 3.63) is 60.7 Å². The molecule has 0 bridgehead atoms. The predicted octanol–water partition coefficient (Wildman–Crippen LogP) is 3.04. The highest BCUT2D eigenvalue weighted by Gasteiger charge is 2.64. The third-order valence-electron chi connectivity index (χ3n) is 3.16. The van der Waals surface area contributed by atoms with Crippen LogP contribution in [0, 0.1) is 0 Å². The van der Waals surface area contributed by atoms with Gasteiger partial charge in [0.1, 0.15) is 0 Å². The van der Waals surface area contributed by atoms with Crippen molar-refractivity contribution < 1.29 is 43.2 Å². The lowest BCUT2D eigenvalue weighted by molar-refractivity contribution is -0.0505. The van der Waals surface area contributed by atoms with Crippen molar-refractivity contribution in [1.82, 2.24) is 3.48 Å². The Labute approximate surface area is 157 Å². The summed E-state index contributed by atoms with van der Waals surface area (Å²) >= 11 is 0. The second-order valence-electron chi connectivity index (χ2n) is 5.06. The van der Waals surface area contributed by atoms with Gasteiger partial charge in [0.15, 0.2) is 0 Å². The SMILES string of the molecule is O=S(=O)(N(P(c1ccccc1)c1ccccc1)S(=O)(=O)C(F)(F)F)C(F)(F)F. The summed E-state index contributed by atoms with van der Waals surface area (Å²) in [7, 11) is -17.1. The van der Waals surface area contributed by atoms with Crippen molar-refractivity contribution in [2.45, 2.75) is 11.0 Å². The Morgan fingerprint density at radius 1 is 0.607 bits per heavy atom. The van der Waals surface area contributed by atoms with Gasteiger partial charge in [-0.2, -0.15) is 26.3 Å². The van der Waals surface area contributed by atoms with Gasteiger partial charge >= 0.3 is 31.1 Å². The summed E-state index contributed by atoms with van der Waals surface area (Å²) < 4.78 is 125. The third-order valence-corrected chi connectivity index (χ3v) is 10.5. The number of nitrogens with zero attached hydrogens (tertiary/aromatic N) is 1. The molecule has 0 aliphatic heterocycles. The smallest absolute Gasteiger partial charge is 0.201 e. The summed E-state index contributed by atoms with van der Waals surface area (Å²) in [5, 5.41) is -0.686. The van der Waals surface area contributed by atoms with Gasteiger partial charge in [-0.3, -0.25) is 0 Å². The molecule has 0 aliphatic carbocycles. The van der Waals surface area contributed by atoms with Crippen LogP contribution in [-0.2, 0) is 20.0 Å². The van der Waals surface area contributed by atoms with Crippen molar-refractivity contribution in [3.8, 4) is 0 Å². The van der Waals surface area contributed by atoms with Gasteiger partial charge in [0.2, 0.25) is 0 Å². The molecule has 0 amide bonds. The highest BCUT2D eigenvalue weighted by atomic mass is 32.3. The van der Waals surface area contributed by atoms with Gasteiger partial charge in [0.25, 0.3) is 0 Å². The number of alkyl halides is 6. The number of rotatable bonds is 5. The highest BCUT2D eigenvalue weighted by Crippen LogP contribution is 2.50. The zero-order valence-electron chi connectivity index (χ0n) is 13.4. The molecule has 0 heterocycles. The van der Waals surface area contributed by atoms with Crippen LogP contribution in [0.4, 0.5) is 26.3 Å². The van der Waals surface area contributed by atoms with E-state index in [2.05, 4.69) is 0 Å². The molecule has 0 aromatic heterocycles. The van der Waals surface area contributed by atoms with Crippen molar-refractivity contribution in [2.24, 2.45) is 0 Å². The van der Waals surface area contributed by atoms with Crippen LogP contribution in [0.15, 0.2) is 60.7 Å². The van der Waals surface area contributed by atoms with Gasteiger partial charge in [-0.05, 0) is 14.1 Å². The van der Waals surface area contributed by atoms with Crippen molar-refractivity contribution in [2.75, 3.05) is 0 Å². The maximum absolute atomic E-state index is 13.1. The molecule has 154 valence electrons. The average Bonchev–Trinajstić information content (AvgIpc) is 2.58. The lowest BCUT2D eigenvalue weighted by Crippen LogP contribution is -2.49. The van der Waals surface area contributed by atoms with Crippen molar-refractivity contribution in [1.29, 1.82) is 0 Å². The predicted molar refractivity (Wildman–Crippen MR) is 90.9 cm³/mol. The minimum Gasteiger partial charge on any atom is -0.201 e. The van der Waals surface area contributed by atoms with Crippen molar-refractivity contribution >= 4 is 38.7 Å². The van der Waals surface area contributed by atoms with Gasteiger partial charge < -0.3 is 0 Å². The Hall–Kier alpha value is -1.69. The van der Waals surface area contributed by atoms with Crippen LogP contribution < -0.4 is 10.6 Å². The van der Waals surface area contributed by atoms with Crippen LogP contribution in [0.5, 0.6) is 0 Å². The zero-order chi connectivity index (χ0) is 21.4. The molecule has 28 heavy (non-hydrogen) atoms. The van der Waals surface area contributed by atoms with Crippen LogP contribution in [0.25, 0.3) is 0 Å². The molecular weight excluding hydrogens is 455 g/mol. The van der Waals surface area contributed by atoms with E-state index >= 15 is 0 Å². The second-order valence-corrected chi connectivity index (χ2v) is 11.4. The molecule has 0 atom stereocenters. The lowest BCUT2D eigenvalue weighted by atomic mass is 10.4. The highest BCUT2D eigenvalue weighted by molar-refractivity contribution is 8.12. The summed E-state index contributed by atoms with van der Waals surface area (Å²) in [5.41, 5.74) is -12.6. The summed E-state index contributed by atoms with van der Waals surface area (Å²) in [5.74, 6) is 0. The fourth-order valence-corrected chi connectivity index (χ4v) is 8.88. The minimum absolute atomic E-state index is 0.343. The fourth-order valence-electron chi connectivity index (χ4n) is 2.00. The number of hydrogen-bond donors (Lipinski definition) is 0. The Kier molecular flexibility index (Phi) is 6.15. The van der Waals surface area contributed by atoms with Gasteiger partial charge in [0.05, 0.1) is 8.07 Å². The van der Waals surface area contributed by atoms with Gasteiger partial charge in [-0.1, -0.05) is 60.7 Å². The number of halogens is 6. The van der Waals surface area contributed by atoms with E-state index in [0.29, 0.717) is 0 Å². The second kappa shape index (κ2) is 7.62. The average molecular weight is 465 g/mol. The lowest BCUT2D eigenvalue weighted by Gasteiger charge is -2.31. The Morgan fingerprint density at radius 2 is 0.893 bits per heavy atom. The summed E-state index contributed by atoms with van der Waals surface area (Å²) in [6, 6.07) is 11.8. The zero-order valence-corrected chi connectivity index (χ0v) is 15.9. The molecular formula is C14H10F6NO4PS2. The molecule has 0 unspecified atom stereocenters. The molecule has 0 fully saturated rings.